The second kappa shape index (κ2) is 7.86. The molecule has 1 heteroatoms. The highest BCUT2D eigenvalue weighted by Gasteiger charge is 1.87. The number of nitrogens with two attached hydrogens (primary N) is 1. The second-order valence-electron chi connectivity index (χ2n) is 3.71. The highest BCUT2D eigenvalue weighted by atomic mass is 14.5. The van der Waals surface area contributed by atoms with E-state index in [1.54, 1.807) is 0 Å². The lowest BCUT2D eigenvalue weighted by atomic mass is 10.1. The predicted molar refractivity (Wildman–Crippen MR) is 69.3 cm³/mol. The lowest BCUT2D eigenvalue weighted by molar-refractivity contribution is 0.830. The molecule has 0 spiro atoms. The molecule has 0 saturated carbocycles. The fourth-order valence-electron chi connectivity index (χ4n) is 0.904. The van der Waals surface area contributed by atoms with Crippen LogP contribution in [-0.2, 0) is 0 Å². The van der Waals surface area contributed by atoms with Crippen molar-refractivity contribution in [2.75, 3.05) is 0 Å². The SMILES string of the molecule is C=C(/C=C\C=C/C)/C=C(N)/C=C/C(C)C. The summed E-state index contributed by atoms with van der Waals surface area (Å²) < 4.78 is 0. The number of hydrogen-bond donors (Lipinski definition) is 1. The molecule has 0 aromatic rings. The van der Waals surface area contributed by atoms with Crippen molar-refractivity contribution in [1.29, 1.82) is 0 Å². The average Bonchev–Trinajstić information content (AvgIpc) is 2.15. The van der Waals surface area contributed by atoms with E-state index in [0.29, 0.717) is 5.92 Å². The normalized spacial score (nSPS) is 13.7. The summed E-state index contributed by atoms with van der Waals surface area (Å²) >= 11 is 0. The Bertz CT molecular complexity index is 301. The summed E-state index contributed by atoms with van der Waals surface area (Å²) in [5.41, 5.74) is 7.43. The van der Waals surface area contributed by atoms with Gasteiger partial charge in [-0.25, -0.2) is 0 Å². The van der Waals surface area contributed by atoms with Crippen molar-refractivity contribution in [1.82, 2.24) is 0 Å². The van der Waals surface area contributed by atoms with Crippen LogP contribution in [0.15, 0.2) is 60.4 Å². The second-order valence-corrected chi connectivity index (χ2v) is 3.71. The molecule has 0 amide bonds. The van der Waals surface area contributed by atoms with Crippen LogP contribution in [0.5, 0.6) is 0 Å². The van der Waals surface area contributed by atoms with Crippen LogP contribution in [-0.4, -0.2) is 0 Å². The predicted octanol–water partition coefficient (Wildman–Crippen LogP) is 3.73. The van der Waals surface area contributed by atoms with Crippen molar-refractivity contribution < 1.29 is 0 Å². The van der Waals surface area contributed by atoms with E-state index in [2.05, 4.69) is 26.5 Å². The maximum Gasteiger partial charge on any atom is 0.0316 e. The van der Waals surface area contributed by atoms with Gasteiger partial charge in [-0.3, -0.25) is 0 Å². The van der Waals surface area contributed by atoms with E-state index in [4.69, 9.17) is 5.73 Å². The van der Waals surface area contributed by atoms with Crippen LogP contribution in [0.1, 0.15) is 20.8 Å². The Kier molecular flexibility index (Phi) is 7.08. The van der Waals surface area contributed by atoms with Gasteiger partial charge in [-0.15, -0.1) is 0 Å². The zero-order chi connectivity index (χ0) is 11.7. The van der Waals surface area contributed by atoms with E-state index in [1.165, 1.54) is 0 Å². The first-order valence-electron chi connectivity index (χ1n) is 5.20. The summed E-state index contributed by atoms with van der Waals surface area (Å²) in [6, 6.07) is 0. The maximum absolute atomic E-state index is 5.79. The monoisotopic (exact) mass is 203 g/mol. The molecule has 0 aromatic heterocycles. The lowest BCUT2D eigenvalue weighted by Crippen LogP contribution is -1.93. The first kappa shape index (κ1) is 13.5. The van der Waals surface area contributed by atoms with Crippen LogP contribution < -0.4 is 5.73 Å². The van der Waals surface area contributed by atoms with Crippen molar-refractivity contribution in [2.45, 2.75) is 20.8 Å². The minimum Gasteiger partial charge on any atom is -0.399 e. The molecule has 0 unspecified atom stereocenters. The zero-order valence-electron chi connectivity index (χ0n) is 9.90. The van der Waals surface area contributed by atoms with Crippen LogP contribution in [0, 0.1) is 5.92 Å². The summed E-state index contributed by atoms with van der Waals surface area (Å²) in [7, 11) is 0. The summed E-state index contributed by atoms with van der Waals surface area (Å²) in [5, 5.41) is 0. The molecule has 0 aliphatic carbocycles. The van der Waals surface area contributed by atoms with Gasteiger partial charge in [0.2, 0.25) is 0 Å². The Morgan fingerprint density at radius 1 is 1.20 bits per heavy atom. The van der Waals surface area contributed by atoms with Crippen molar-refractivity contribution in [2.24, 2.45) is 11.7 Å². The Morgan fingerprint density at radius 2 is 1.87 bits per heavy atom. The van der Waals surface area contributed by atoms with Crippen LogP contribution in [0.2, 0.25) is 0 Å². The van der Waals surface area contributed by atoms with Crippen LogP contribution >= 0.6 is 0 Å². The van der Waals surface area contributed by atoms with Crippen LogP contribution in [0.4, 0.5) is 0 Å². The standard InChI is InChI=1S/C14H21N/c1-5-6-7-8-13(4)11-14(15)10-9-12(2)3/h5-12H,4,15H2,1-3H3/b6-5-,8-7-,10-9+,14-11-. The number of hydrogen-bond acceptors (Lipinski definition) is 1. The molecule has 0 aromatic carbocycles. The largest absolute Gasteiger partial charge is 0.399 e. The van der Waals surface area contributed by atoms with E-state index in [1.807, 2.05) is 43.4 Å². The van der Waals surface area contributed by atoms with Gasteiger partial charge in [0, 0.05) is 5.70 Å². The minimum atomic E-state index is 0.517. The number of rotatable bonds is 5. The Balaban J connectivity index is 4.29. The molecule has 2 N–H and O–H groups in total. The Morgan fingerprint density at radius 3 is 2.40 bits per heavy atom. The summed E-state index contributed by atoms with van der Waals surface area (Å²) in [6.45, 7) is 10.1. The molecule has 0 rings (SSSR count). The quantitative estimate of drug-likeness (QED) is 0.677. The van der Waals surface area contributed by atoms with E-state index in [-0.39, 0.29) is 0 Å². The molecule has 0 atom stereocenters. The van der Waals surface area contributed by atoms with E-state index in [9.17, 15) is 0 Å². The smallest absolute Gasteiger partial charge is 0.0316 e. The molecule has 0 radical (unpaired) electrons. The average molecular weight is 203 g/mol. The van der Waals surface area contributed by atoms with Crippen LogP contribution in [0.25, 0.3) is 0 Å². The van der Waals surface area contributed by atoms with Crippen molar-refractivity contribution >= 4 is 0 Å². The van der Waals surface area contributed by atoms with E-state index >= 15 is 0 Å². The number of allylic oxidation sites excluding steroid dienone is 8. The van der Waals surface area contributed by atoms with E-state index in [0.717, 1.165) is 11.3 Å². The van der Waals surface area contributed by atoms with Gasteiger partial charge < -0.3 is 5.73 Å². The van der Waals surface area contributed by atoms with Gasteiger partial charge in [0.15, 0.2) is 0 Å². The molecule has 0 bridgehead atoms. The van der Waals surface area contributed by atoms with E-state index < -0.39 is 0 Å². The zero-order valence-corrected chi connectivity index (χ0v) is 9.90. The van der Waals surface area contributed by atoms with Crippen molar-refractivity contribution in [3.05, 3.63) is 60.4 Å². The van der Waals surface area contributed by atoms with Crippen molar-refractivity contribution in [3.63, 3.8) is 0 Å². The summed E-state index contributed by atoms with van der Waals surface area (Å²) in [5.74, 6) is 0.517. The van der Waals surface area contributed by atoms with Gasteiger partial charge in [0.05, 0.1) is 0 Å². The highest BCUT2D eigenvalue weighted by molar-refractivity contribution is 5.34. The highest BCUT2D eigenvalue weighted by Crippen LogP contribution is 2.02. The van der Waals surface area contributed by atoms with Gasteiger partial charge >= 0.3 is 0 Å². The first-order chi connectivity index (χ1) is 7.06. The minimum absolute atomic E-state index is 0.517. The molecule has 0 aliphatic heterocycles. The summed E-state index contributed by atoms with van der Waals surface area (Å²) in [4.78, 5) is 0. The summed E-state index contributed by atoms with van der Waals surface area (Å²) in [6.07, 6.45) is 13.6. The fraction of sp³-hybridized carbons (Fsp3) is 0.286. The van der Waals surface area contributed by atoms with Crippen LogP contribution in [0.3, 0.4) is 0 Å². The van der Waals surface area contributed by atoms with Gasteiger partial charge in [0.1, 0.15) is 0 Å². The third-order valence-corrected chi connectivity index (χ3v) is 1.64. The first-order valence-corrected chi connectivity index (χ1v) is 5.20. The third-order valence-electron chi connectivity index (χ3n) is 1.64. The molecule has 15 heavy (non-hydrogen) atoms. The van der Waals surface area contributed by atoms with Gasteiger partial charge in [-0.05, 0) is 30.6 Å². The molecule has 1 nitrogen and oxygen atoms in total. The molecule has 0 saturated heterocycles. The third kappa shape index (κ3) is 8.82. The van der Waals surface area contributed by atoms with Gasteiger partial charge in [0.25, 0.3) is 0 Å². The Hall–Kier alpha value is -1.50. The Labute approximate surface area is 93.4 Å². The molecule has 0 heterocycles. The molecular formula is C14H21N. The fourth-order valence-corrected chi connectivity index (χ4v) is 0.904. The van der Waals surface area contributed by atoms with Gasteiger partial charge in [-0.2, -0.15) is 0 Å². The molecule has 0 aliphatic rings. The lowest BCUT2D eigenvalue weighted by Gasteiger charge is -1.96. The maximum atomic E-state index is 5.79. The topological polar surface area (TPSA) is 26.0 Å². The molecular weight excluding hydrogens is 182 g/mol. The van der Waals surface area contributed by atoms with Crippen molar-refractivity contribution in [3.8, 4) is 0 Å². The molecule has 82 valence electrons. The molecule has 0 fully saturated rings. The van der Waals surface area contributed by atoms with Gasteiger partial charge in [-0.1, -0.05) is 50.8 Å².